The molecule has 1 heterocycles. The third kappa shape index (κ3) is 0.993. The summed E-state index contributed by atoms with van der Waals surface area (Å²) in [5.74, 6) is 0. The Labute approximate surface area is 48.2 Å². The predicted octanol–water partition coefficient (Wildman–Crippen LogP) is -0.859. The Kier molecular flexibility index (Phi) is 1.50. The van der Waals surface area contributed by atoms with Gasteiger partial charge in [0.2, 0.25) is 0 Å². The van der Waals surface area contributed by atoms with Crippen molar-refractivity contribution < 1.29 is 5.11 Å². The van der Waals surface area contributed by atoms with Gasteiger partial charge in [-0.25, -0.2) is 0 Å². The minimum Gasteiger partial charge on any atom is -0.392 e. The quantitative estimate of drug-likeness (QED) is 0.416. The minimum atomic E-state index is 0.0251. The summed E-state index contributed by atoms with van der Waals surface area (Å²) >= 11 is 0. The lowest BCUT2D eigenvalue weighted by atomic mass is 10.2. The van der Waals surface area contributed by atoms with Crippen LogP contribution >= 0.6 is 0 Å². The van der Waals surface area contributed by atoms with Crippen molar-refractivity contribution in [2.24, 2.45) is 5.73 Å². The summed E-state index contributed by atoms with van der Waals surface area (Å²) in [4.78, 5) is 0. The normalized spacial score (nSPS) is 27.2. The van der Waals surface area contributed by atoms with E-state index in [1.807, 2.05) is 0 Å². The second kappa shape index (κ2) is 2.15. The molecule has 0 fully saturated rings. The van der Waals surface area contributed by atoms with Crippen molar-refractivity contribution in [3.63, 3.8) is 0 Å². The summed E-state index contributed by atoms with van der Waals surface area (Å²) in [6, 6.07) is 0. The number of nitrogens with two attached hydrogens (primary N) is 1. The molecular formula is C5H10N2O. The van der Waals surface area contributed by atoms with Gasteiger partial charge in [0.1, 0.15) is 0 Å². The van der Waals surface area contributed by atoms with E-state index in [2.05, 4.69) is 5.32 Å². The molecule has 1 rings (SSSR count). The summed E-state index contributed by atoms with van der Waals surface area (Å²) in [7, 11) is 0. The van der Waals surface area contributed by atoms with Crippen LogP contribution in [0.5, 0.6) is 0 Å². The largest absolute Gasteiger partial charge is 0.392 e. The van der Waals surface area contributed by atoms with Crippen molar-refractivity contribution in [3.05, 3.63) is 11.8 Å². The second-order valence-corrected chi connectivity index (χ2v) is 1.94. The zero-order chi connectivity index (χ0) is 5.98. The van der Waals surface area contributed by atoms with E-state index in [0.717, 1.165) is 12.0 Å². The SMILES string of the molecule is NC1CC(CO)=CN1. The Bertz CT molecular complexity index is 111. The molecule has 1 unspecified atom stereocenters. The fourth-order valence-corrected chi connectivity index (χ4v) is 0.735. The maximum absolute atomic E-state index is 8.52. The van der Waals surface area contributed by atoms with Gasteiger partial charge in [0, 0.05) is 6.42 Å². The van der Waals surface area contributed by atoms with E-state index < -0.39 is 0 Å². The first-order valence-electron chi connectivity index (χ1n) is 2.63. The molecule has 1 atom stereocenters. The maximum Gasteiger partial charge on any atom is 0.0777 e. The van der Waals surface area contributed by atoms with Crippen LogP contribution in [-0.2, 0) is 0 Å². The number of hydrogen-bond acceptors (Lipinski definition) is 3. The molecule has 0 bridgehead atoms. The first-order chi connectivity index (χ1) is 3.83. The van der Waals surface area contributed by atoms with Gasteiger partial charge in [0.05, 0.1) is 12.8 Å². The zero-order valence-corrected chi connectivity index (χ0v) is 4.59. The molecule has 0 radical (unpaired) electrons. The fraction of sp³-hybridized carbons (Fsp3) is 0.600. The van der Waals surface area contributed by atoms with Crippen LogP contribution in [0.4, 0.5) is 0 Å². The van der Waals surface area contributed by atoms with E-state index >= 15 is 0 Å². The van der Waals surface area contributed by atoms with Gasteiger partial charge in [0.15, 0.2) is 0 Å². The Morgan fingerprint density at radius 3 is 3.00 bits per heavy atom. The van der Waals surface area contributed by atoms with E-state index in [1.54, 1.807) is 6.20 Å². The number of aliphatic hydroxyl groups is 1. The molecule has 0 aliphatic carbocycles. The number of nitrogens with one attached hydrogen (secondary N) is 1. The third-order valence-corrected chi connectivity index (χ3v) is 1.19. The Balaban J connectivity index is 2.37. The van der Waals surface area contributed by atoms with E-state index in [0.29, 0.717) is 0 Å². The van der Waals surface area contributed by atoms with Gasteiger partial charge in [-0.3, -0.25) is 0 Å². The molecule has 0 spiro atoms. The van der Waals surface area contributed by atoms with Crippen molar-refractivity contribution in [3.8, 4) is 0 Å². The molecule has 0 saturated heterocycles. The molecule has 3 heteroatoms. The highest BCUT2D eigenvalue weighted by Gasteiger charge is 2.09. The minimum absolute atomic E-state index is 0.0251. The van der Waals surface area contributed by atoms with E-state index in [4.69, 9.17) is 10.8 Å². The smallest absolute Gasteiger partial charge is 0.0777 e. The average Bonchev–Trinajstić information content (AvgIpc) is 2.14. The van der Waals surface area contributed by atoms with E-state index in [-0.39, 0.29) is 12.8 Å². The summed E-state index contributed by atoms with van der Waals surface area (Å²) < 4.78 is 0. The lowest BCUT2D eigenvalue weighted by Crippen LogP contribution is -2.29. The van der Waals surface area contributed by atoms with Gasteiger partial charge in [-0.2, -0.15) is 0 Å². The van der Waals surface area contributed by atoms with Gasteiger partial charge in [-0.05, 0) is 11.8 Å². The monoisotopic (exact) mass is 114 g/mol. The molecule has 4 N–H and O–H groups in total. The Morgan fingerprint density at radius 1 is 2.00 bits per heavy atom. The Morgan fingerprint density at radius 2 is 2.75 bits per heavy atom. The van der Waals surface area contributed by atoms with Crippen molar-refractivity contribution >= 4 is 0 Å². The maximum atomic E-state index is 8.52. The summed E-state index contributed by atoms with van der Waals surface area (Å²) in [6.45, 7) is 0.126. The van der Waals surface area contributed by atoms with Crippen LogP contribution in [0.3, 0.4) is 0 Å². The van der Waals surface area contributed by atoms with Gasteiger partial charge in [-0.15, -0.1) is 0 Å². The standard InChI is InChI=1S/C5H10N2O/c6-5-1-4(3-8)2-7-5/h2,5,7-8H,1,3,6H2. The van der Waals surface area contributed by atoms with Crippen LogP contribution in [0.2, 0.25) is 0 Å². The van der Waals surface area contributed by atoms with Crippen LogP contribution in [0.25, 0.3) is 0 Å². The number of hydrogen-bond donors (Lipinski definition) is 3. The van der Waals surface area contributed by atoms with Gasteiger partial charge in [0.25, 0.3) is 0 Å². The third-order valence-electron chi connectivity index (χ3n) is 1.19. The lowest BCUT2D eigenvalue weighted by Gasteiger charge is -1.99. The second-order valence-electron chi connectivity index (χ2n) is 1.94. The number of aliphatic hydroxyl groups excluding tert-OH is 1. The van der Waals surface area contributed by atoms with Crippen molar-refractivity contribution in [2.75, 3.05) is 6.61 Å². The average molecular weight is 114 g/mol. The number of rotatable bonds is 1. The van der Waals surface area contributed by atoms with E-state index in [1.165, 1.54) is 0 Å². The highest BCUT2D eigenvalue weighted by molar-refractivity contribution is 5.08. The summed E-state index contributed by atoms with van der Waals surface area (Å²) in [5.41, 5.74) is 6.41. The molecular weight excluding hydrogens is 104 g/mol. The van der Waals surface area contributed by atoms with Crippen LogP contribution in [-0.4, -0.2) is 17.9 Å². The first-order valence-corrected chi connectivity index (χ1v) is 2.63. The van der Waals surface area contributed by atoms with Gasteiger partial charge < -0.3 is 16.2 Å². The first kappa shape index (κ1) is 5.59. The molecule has 1 aliphatic rings. The predicted molar refractivity (Wildman–Crippen MR) is 30.9 cm³/mol. The summed E-state index contributed by atoms with van der Waals surface area (Å²) in [5, 5.41) is 11.4. The molecule has 0 saturated carbocycles. The molecule has 46 valence electrons. The van der Waals surface area contributed by atoms with Crippen LogP contribution in [0.1, 0.15) is 6.42 Å². The molecule has 0 aromatic heterocycles. The molecule has 0 aromatic carbocycles. The summed E-state index contributed by atoms with van der Waals surface area (Å²) in [6.07, 6.45) is 2.57. The molecule has 1 aliphatic heterocycles. The highest BCUT2D eigenvalue weighted by Crippen LogP contribution is 2.05. The van der Waals surface area contributed by atoms with Crippen LogP contribution in [0.15, 0.2) is 11.8 Å². The van der Waals surface area contributed by atoms with Gasteiger partial charge >= 0.3 is 0 Å². The lowest BCUT2D eigenvalue weighted by molar-refractivity contribution is 0.327. The van der Waals surface area contributed by atoms with Crippen LogP contribution in [0, 0.1) is 0 Å². The fourth-order valence-electron chi connectivity index (χ4n) is 0.735. The van der Waals surface area contributed by atoms with Crippen LogP contribution < -0.4 is 11.1 Å². The van der Waals surface area contributed by atoms with Crippen molar-refractivity contribution in [2.45, 2.75) is 12.6 Å². The molecule has 0 aromatic rings. The molecule has 3 nitrogen and oxygen atoms in total. The Hall–Kier alpha value is -0.540. The highest BCUT2D eigenvalue weighted by atomic mass is 16.3. The van der Waals surface area contributed by atoms with E-state index in [9.17, 15) is 0 Å². The van der Waals surface area contributed by atoms with Crippen molar-refractivity contribution in [1.82, 2.24) is 5.32 Å². The topological polar surface area (TPSA) is 58.3 Å². The molecule has 8 heavy (non-hydrogen) atoms. The molecule has 0 amide bonds. The van der Waals surface area contributed by atoms with Crippen molar-refractivity contribution in [1.29, 1.82) is 0 Å². The zero-order valence-electron chi connectivity index (χ0n) is 4.59. The van der Waals surface area contributed by atoms with Gasteiger partial charge in [-0.1, -0.05) is 0 Å².